The Bertz CT molecular complexity index is 875. The average molecular weight is 423 g/mol. The van der Waals surface area contributed by atoms with E-state index in [1.54, 1.807) is 6.92 Å². The molecule has 1 aromatic rings. The van der Waals surface area contributed by atoms with Crippen molar-refractivity contribution in [2.75, 3.05) is 17.7 Å². The summed E-state index contributed by atoms with van der Waals surface area (Å²) in [5.41, 5.74) is 7.50. The van der Waals surface area contributed by atoms with Gasteiger partial charge in [-0.2, -0.15) is 4.99 Å². The maximum Gasteiger partial charge on any atom is 0.257 e. The van der Waals surface area contributed by atoms with Gasteiger partial charge in [0, 0.05) is 17.2 Å². The summed E-state index contributed by atoms with van der Waals surface area (Å²) >= 11 is 2.47. The van der Waals surface area contributed by atoms with Crippen LogP contribution >= 0.6 is 23.1 Å². The van der Waals surface area contributed by atoms with Crippen molar-refractivity contribution in [3.8, 4) is 0 Å². The molecule has 0 radical (unpaired) electrons. The molecule has 1 aromatic heterocycles. The van der Waals surface area contributed by atoms with Crippen LogP contribution < -0.4 is 11.1 Å². The van der Waals surface area contributed by atoms with Crippen molar-refractivity contribution in [1.29, 1.82) is 0 Å². The standard InChI is InChI=1S/C18H22N4O4S2/c1-9-10(6-7-23)16(26)22-18(20-9)27-8-13(24)21-17-14(15(19)25)11-4-2-3-5-12(11)28-17/h10,23H,2-8H2,1H3,(H2,19,25)(H,21,24). The molecule has 8 nitrogen and oxygen atoms in total. The number of hydrogen-bond donors (Lipinski definition) is 3. The summed E-state index contributed by atoms with van der Waals surface area (Å²) in [5, 5.41) is 12.5. The van der Waals surface area contributed by atoms with Gasteiger partial charge in [-0.25, -0.2) is 4.99 Å². The fourth-order valence-corrected chi connectivity index (χ4v) is 5.34. The predicted molar refractivity (Wildman–Crippen MR) is 111 cm³/mol. The molecule has 4 N–H and O–H groups in total. The first kappa shape index (κ1) is 20.7. The Kier molecular flexibility index (Phi) is 6.63. The summed E-state index contributed by atoms with van der Waals surface area (Å²) in [6.07, 6.45) is 4.06. The topological polar surface area (TPSA) is 134 Å². The van der Waals surface area contributed by atoms with Gasteiger partial charge in [0.1, 0.15) is 5.00 Å². The molecular weight excluding hydrogens is 400 g/mol. The minimum atomic E-state index is -0.528. The van der Waals surface area contributed by atoms with Gasteiger partial charge in [-0.05, 0) is 44.6 Å². The minimum Gasteiger partial charge on any atom is -0.396 e. The highest BCUT2D eigenvalue weighted by molar-refractivity contribution is 8.14. The Morgan fingerprint density at radius 1 is 1.32 bits per heavy atom. The van der Waals surface area contributed by atoms with Gasteiger partial charge in [0.2, 0.25) is 5.91 Å². The highest BCUT2D eigenvalue weighted by Gasteiger charge is 2.27. The number of aliphatic hydroxyl groups excluding tert-OH is 1. The van der Waals surface area contributed by atoms with E-state index in [1.807, 2.05) is 0 Å². The van der Waals surface area contributed by atoms with E-state index in [0.717, 1.165) is 47.9 Å². The molecule has 10 heteroatoms. The highest BCUT2D eigenvalue weighted by Crippen LogP contribution is 2.38. The smallest absolute Gasteiger partial charge is 0.257 e. The Morgan fingerprint density at radius 3 is 2.75 bits per heavy atom. The quantitative estimate of drug-likeness (QED) is 0.642. The lowest BCUT2D eigenvalue weighted by molar-refractivity contribution is -0.120. The fraction of sp³-hybridized carbons (Fsp3) is 0.500. The van der Waals surface area contributed by atoms with E-state index in [1.165, 1.54) is 11.3 Å². The lowest BCUT2D eigenvalue weighted by atomic mass is 9.95. The Balaban J connectivity index is 1.64. The molecule has 0 saturated heterocycles. The second-order valence-corrected chi connectivity index (χ2v) is 8.71. The molecule has 3 amide bonds. The molecule has 0 saturated carbocycles. The predicted octanol–water partition coefficient (Wildman–Crippen LogP) is 1.75. The second kappa shape index (κ2) is 8.97. The van der Waals surface area contributed by atoms with Crippen molar-refractivity contribution >= 4 is 56.7 Å². The van der Waals surface area contributed by atoms with Crippen LogP contribution in [0.4, 0.5) is 5.00 Å². The number of amidine groups is 1. The SMILES string of the molecule is CC1=NC(SCC(=O)Nc2sc3c(c2C(N)=O)CCCC3)=NC(=O)C1CCO. The molecule has 1 unspecified atom stereocenters. The average Bonchev–Trinajstić information content (AvgIpc) is 3.01. The molecule has 28 heavy (non-hydrogen) atoms. The molecular formula is C18H22N4O4S2. The summed E-state index contributed by atoms with van der Waals surface area (Å²) in [4.78, 5) is 45.6. The number of carbonyl (C=O) groups is 3. The van der Waals surface area contributed by atoms with E-state index < -0.39 is 11.8 Å². The first-order chi connectivity index (χ1) is 13.4. The molecule has 2 heterocycles. The third kappa shape index (κ3) is 4.50. The Morgan fingerprint density at radius 2 is 2.07 bits per heavy atom. The molecule has 3 rings (SSSR count). The van der Waals surface area contributed by atoms with Crippen LogP contribution in [0.2, 0.25) is 0 Å². The van der Waals surface area contributed by atoms with Crippen LogP contribution in [0.1, 0.15) is 47.0 Å². The van der Waals surface area contributed by atoms with Crippen LogP contribution in [0.15, 0.2) is 9.98 Å². The number of aliphatic imine (C=N–C) groups is 2. The van der Waals surface area contributed by atoms with Crippen LogP contribution in [0, 0.1) is 5.92 Å². The van der Waals surface area contributed by atoms with E-state index in [0.29, 0.717) is 16.3 Å². The number of rotatable bonds is 6. The number of nitrogens with two attached hydrogens (primary N) is 1. The molecule has 0 spiro atoms. The number of amides is 3. The van der Waals surface area contributed by atoms with Crippen LogP contribution in [0.25, 0.3) is 0 Å². The Hall–Kier alpha value is -2.04. The number of nitrogens with zero attached hydrogens (tertiary/aromatic N) is 2. The van der Waals surface area contributed by atoms with E-state index >= 15 is 0 Å². The van der Waals surface area contributed by atoms with Crippen molar-refractivity contribution in [2.45, 2.75) is 39.0 Å². The first-order valence-corrected chi connectivity index (χ1v) is 10.9. The van der Waals surface area contributed by atoms with Gasteiger partial charge in [-0.3, -0.25) is 14.4 Å². The van der Waals surface area contributed by atoms with Gasteiger partial charge in [0.05, 0.1) is 17.2 Å². The van der Waals surface area contributed by atoms with E-state index in [-0.39, 0.29) is 35.8 Å². The number of nitrogens with one attached hydrogen (secondary N) is 1. The van der Waals surface area contributed by atoms with Gasteiger partial charge in [-0.15, -0.1) is 11.3 Å². The molecule has 2 aliphatic rings. The summed E-state index contributed by atoms with van der Waals surface area (Å²) in [5.74, 6) is -1.69. The number of carbonyl (C=O) groups excluding carboxylic acids is 3. The number of thiophene rings is 1. The maximum absolute atomic E-state index is 12.4. The normalized spacial score (nSPS) is 18.9. The number of hydrogen-bond acceptors (Lipinski definition) is 7. The third-order valence-corrected chi connectivity index (χ3v) is 6.76. The molecule has 0 aromatic carbocycles. The molecule has 0 fully saturated rings. The van der Waals surface area contributed by atoms with Gasteiger partial charge in [0.15, 0.2) is 5.17 Å². The van der Waals surface area contributed by atoms with Crippen LogP contribution in [0.5, 0.6) is 0 Å². The van der Waals surface area contributed by atoms with E-state index in [9.17, 15) is 14.4 Å². The van der Waals surface area contributed by atoms with Crippen LogP contribution in [-0.2, 0) is 22.4 Å². The molecule has 1 atom stereocenters. The zero-order chi connectivity index (χ0) is 20.3. The number of aliphatic hydroxyl groups is 1. The summed E-state index contributed by atoms with van der Waals surface area (Å²) < 4.78 is 0. The second-order valence-electron chi connectivity index (χ2n) is 6.67. The largest absolute Gasteiger partial charge is 0.396 e. The van der Waals surface area contributed by atoms with E-state index in [4.69, 9.17) is 10.8 Å². The number of thioether (sulfide) groups is 1. The fourth-order valence-electron chi connectivity index (χ4n) is 3.34. The Labute approximate surface area is 170 Å². The number of anilines is 1. The van der Waals surface area contributed by atoms with Crippen molar-refractivity contribution in [3.05, 3.63) is 16.0 Å². The zero-order valence-electron chi connectivity index (χ0n) is 15.5. The lowest BCUT2D eigenvalue weighted by Crippen LogP contribution is -2.27. The van der Waals surface area contributed by atoms with Crippen LogP contribution in [-0.4, -0.2) is 46.1 Å². The first-order valence-electron chi connectivity index (χ1n) is 9.06. The third-order valence-electron chi connectivity index (χ3n) is 4.70. The lowest BCUT2D eigenvalue weighted by Gasteiger charge is -2.16. The van der Waals surface area contributed by atoms with Crippen molar-refractivity contribution < 1.29 is 19.5 Å². The van der Waals surface area contributed by atoms with Crippen LogP contribution in [0.3, 0.4) is 0 Å². The van der Waals surface area contributed by atoms with E-state index in [2.05, 4.69) is 15.3 Å². The zero-order valence-corrected chi connectivity index (χ0v) is 17.1. The summed E-state index contributed by atoms with van der Waals surface area (Å²) in [7, 11) is 0. The van der Waals surface area contributed by atoms with Crippen molar-refractivity contribution in [3.63, 3.8) is 0 Å². The molecule has 150 valence electrons. The minimum absolute atomic E-state index is 0.00826. The van der Waals surface area contributed by atoms with Gasteiger partial charge in [-0.1, -0.05) is 11.8 Å². The number of fused-ring (bicyclic) bond motifs is 1. The monoisotopic (exact) mass is 422 g/mol. The summed E-state index contributed by atoms with van der Waals surface area (Å²) in [6, 6.07) is 0. The van der Waals surface area contributed by atoms with Gasteiger partial charge >= 0.3 is 0 Å². The summed E-state index contributed by atoms with van der Waals surface area (Å²) in [6.45, 7) is 1.60. The maximum atomic E-state index is 12.4. The van der Waals surface area contributed by atoms with Gasteiger partial charge in [0.25, 0.3) is 11.8 Å². The highest BCUT2D eigenvalue weighted by atomic mass is 32.2. The van der Waals surface area contributed by atoms with Crippen molar-refractivity contribution in [1.82, 2.24) is 0 Å². The van der Waals surface area contributed by atoms with Crippen molar-refractivity contribution in [2.24, 2.45) is 21.6 Å². The molecule has 0 bridgehead atoms. The van der Waals surface area contributed by atoms with Gasteiger partial charge < -0.3 is 16.2 Å². The molecule has 1 aliphatic carbocycles. The number of primary amides is 1. The molecule has 1 aliphatic heterocycles. The number of aryl methyl sites for hydroxylation is 1.